The summed E-state index contributed by atoms with van der Waals surface area (Å²) in [7, 11) is 0. The van der Waals surface area contributed by atoms with Gasteiger partial charge in [-0.3, -0.25) is 0 Å². The summed E-state index contributed by atoms with van der Waals surface area (Å²) in [5.41, 5.74) is 1.45. The Labute approximate surface area is 146 Å². The molecule has 0 unspecified atom stereocenters. The molecule has 0 heterocycles. The molecule has 3 aromatic rings. The van der Waals surface area contributed by atoms with Crippen LogP contribution in [-0.4, -0.2) is 0 Å². The van der Waals surface area contributed by atoms with Crippen LogP contribution >= 0.6 is 0 Å². The Hall–Kier alpha value is -2.29. The highest BCUT2D eigenvalue weighted by Gasteiger charge is 2.30. The molecule has 0 amide bonds. The lowest BCUT2D eigenvalue weighted by atomic mass is 10.0. The van der Waals surface area contributed by atoms with E-state index < -0.39 is 11.7 Å². The van der Waals surface area contributed by atoms with Crippen LogP contribution in [0.15, 0.2) is 66.7 Å². The molecule has 0 N–H and O–H groups in total. The SMILES string of the molecule is FC(F)(F)c1cccc(CC[CH]CCc2ccc3ccccc3c2)c1. The zero-order valence-corrected chi connectivity index (χ0v) is 13.9. The molecule has 0 fully saturated rings. The fraction of sp³-hybridized carbons (Fsp3) is 0.227. The molecular weight excluding hydrogens is 321 g/mol. The van der Waals surface area contributed by atoms with Gasteiger partial charge in [0, 0.05) is 0 Å². The molecule has 0 aliphatic carbocycles. The van der Waals surface area contributed by atoms with E-state index in [4.69, 9.17) is 0 Å². The number of rotatable bonds is 6. The third-order valence-electron chi connectivity index (χ3n) is 4.34. The van der Waals surface area contributed by atoms with Gasteiger partial charge < -0.3 is 0 Å². The van der Waals surface area contributed by atoms with Gasteiger partial charge in [-0.1, -0.05) is 60.7 Å². The number of hydrogen-bond acceptors (Lipinski definition) is 0. The summed E-state index contributed by atoms with van der Waals surface area (Å²) < 4.78 is 38.1. The highest BCUT2D eigenvalue weighted by atomic mass is 19.4. The molecule has 0 aliphatic heterocycles. The van der Waals surface area contributed by atoms with E-state index in [1.807, 2.05) is 12.1 Å². The third-order valence-corrected chi connectivity index (χ3v) is 4.34. The summed E-state index contributed by atoms with van der Waals surface area (Å²) in [5.74, 6) is 0. The lowest BCUT2D eigenvalue weighted by Crippen LogP contribution is -2.05. The van der Waals surface area contributed by atoms with E-state index >= 15 is 0 Å². The highest BCUT2D eigenvalue weighted by molar-refractivity contribution is 5.82. The maximum Gasteiger partial charge on any atom is 0.416 e. The van der Waals surface area contributed by atoms with E-state index in [0.29, 0.717) is 6.42 Å². The molecule has 0 spiro atoms. The van der Waals surface area contributed by atoms with E-state index in [1.165, 1.54) is 28.5 Å². The van der Waals surface area contributed by atoms with Gasteiger partial charge in [0.25, 0.3) is 0 Å². The third kappa shape index (κ3) is 4.85. The van der Waals surface area contributed by atoms with E-state index in [2.05, 4.69) is 36.8 Å². The first-order valence-corrected chi connectivity index (χ1v) is 8.48. The highest BCUT2D eigenvalue weighted by Crippen LogP contribution is 2.29. The first-order valence-electron chi connectivity index (χ1n) is 8.48. The van der Waals surface area contributed by atoms with Crippen LogP contribution in [0.1, 0.15) is 29.5 Å². The van der Waals surface area contributed by atoms with Gasteiger partial charge in [-0.25, -0.2) is 0 Å². The molecule has 3 heteroatoms. The number of hydrogen-bond donors (Lipinski definition) is 0. The normalized spacial score (nSPS) is 11.8. The summed E-state index contributed by atoms with van der Waals surface area (Å²) in [4.78, 5) is 0. The predicted octanol–water partition coefficient (Wildman–Crippen LogP) is 6.63. The molecule has 25 heavy (non-hydrogen) atoms. The van der Waals surface area contributed by atoms with Crippen LogP contribution < -0.4 is 0 Å². The molecule has 0 atom stereocenters. The van der Waals surface area contributed by atoms with Crippen LogP contribution in [-0.2, 0) is 19.0 Å². The molecule has 0 aromatic heterocycles. The first kappa shape index (κ1) is 17.5. The Balaban J connectivity index is 1.47. The standard InChI is InChI=1S/C22H20F3/c23-22(24,25)21-12-6-9-17(16-21)7-2-1-3-8-18-13-14-19-10-4-5-11-20(19)15-18/h1,4-6,9-16H,2-3,7-8H2. The number of halogens is 3. The summed E-state index contributed by atoms with van der Waals surface area (Å²) >= 11 is 0. The predicted molar refractivity (Wildman–Crippen MR) is 96.3 cm³/mol. The molecule has 129 valence electrons. The van der Waals surface area contributed by atoms with Gasteiger partial charge in [0.05, 0.1) is 5.56 Å². The molecule has 1 radical (unpaired) electrons. The molecular formula is C22H20F3. The van der Waals surface area contributed by atoms with Crippen molar-refractivity contribution >= 4 is 10.8 Å². The number of aryl methyl sites for hydroxylation is 2. The van der Waals surface area contributed by atoms with Crippen molar-refractivity contribution in [1.82, 2.24) is 0 Å². The van der Waals surface area contributed by atoms with Crippen molar-refractivity contribution in [2.24, 2.45) is 0 Å². The largest absolute Gasteiger partial charge is 0.416 e. The van der Waals surface area contributed by atoms with Crippen LogP contribution in [0.5, 0.6) is 0 Å². The molecule has 0 aliphatic rings. The summed E-state index contributed by atoms with van der Waals surface area (Å²) in [6.45, 7) is 0. The van der Waals surface area contributed by atoms with Crippen LogP contribution in [0.3, 0.4) is 0 Å². The average Bonchev–Trinajstić information content (AvgIpc) is 2.61. The van der Waals surface area contributed by atoms with Gasteiger partial charge in [0.2, 0.25) is 0 Å². The second-order valence-corrected chi connectivity index (χ2v) is 6.25. The van der Waals surface area contributed by atoms with Crippen LogP contribution in [0.25, 0.3) is 10.8 Å². The van der Waals surface area contributed by atoms with Gasteiger partial charge in [-0.05, 0) is 60.1 Å². The molecule has 0 saturated carbocycles. The minimum Gasteiger partial charge on any atom is -0.166 e. The van der Waals surface area contributed by atoms with Crippen molar-refractivity contribution in [3.05, 3.63) is 89.8 Å². The lowest BCUT2D eigenvalue weighted by Gasteiger charge is -2.08. The Kier molecular flexibility index (Phi) is 5.42. The monoisotopic (exact) mass is 341 g/mol. The fourth-order valence-corrected chi connectivity index (χ4v) is 2.98. The van der Waals surface area contributed by atoms with Crippen molar-refractivity contribution in [3.63, 3.8) is 0 Å². The topological polar surface area (TPSA) is 0 Å². The van der Waals surface area contributed by atoms with E-state index in [0.717, 1.165) is 30.9 Å². The Morgan fingerprint density at radius 1 is 0.680 bits per heavy atom. The minimum atomic E-state index is -4.27. The quantitative estimate of drug-likeness (QED) is 0.442. The molecule has 0 bridgehead atoms. The first-order chi connectivity index (χ1) is 12.0. The number of fused-ring (bicyclic) bond motifs is 1. The van der Waals surface area contributed by atoms with Crippen molar-refractivity contribution in [3.8, 4) is 0 Å². The van der Waals surface area contributed by atoms with Gasteiger partial charge in [0.15, 0.2) is 0 Å². The Bertz CT molecular complexity index is 834. The zero-order valence-electron chi connectivity index (χ0n) is 13.9. The van der Waals surface area contributed by atoms with E-state index in [9.17, 15) is 13.2 Å². The Morgan fingerprint density at radius 3 is 2.08 bits per heavy atom. The average molecular weight is 341 g/mol. The fourth-order valence-electron chi connectivity index (χ4n) is 2.98. The maximum atomic E-state index is 12.7. The number of benzene rings is 3. The van der Waals surface area contributed by atoms with Gasteiger partial charge in [0.1, 0.15) is 0 Å². The number of unbranched alkanes of at least 4 members (excludes halogenated alkanes) is 2. The van der Waals surface area contributed by atoms with Crippen molar-refractivity contribution in [2.75, 3.05) is 0 Å². The molecule has 0 saturated heterocycles. The van der Waals surface area contributed by atoms with Crippen LogP contribution in [0.2, 0.25) is 0 Å². The Morgan fingerprint density at radius 2 is 1.36 bits per heavy atom. The van der Waals surface area contributed by atoms with Crippen molar-refractivity contribution < 1.29 is 13.2 Å². The zero-order chi connectivity index (χ0) is 17.7. The van der Waals surface area contributed by atoms with Gasteiger partial charge in [-0.2, -0.15) is 13.2 Å². The van der Waals surface area contributed by atoms with Crippen LogP contribution in [0, 0.1) is 6.42 Å². The van der Waals surface area contributed by atoms with Gasteiger partial charge >= 0.3 is 6.18 Å². The molecule has 0 nitrogen and oxygen atoms in total. The van der Waals surface area contributed by atoms with E-state index in [1.54, 1.807) is 6.07 Å². The summed E-state index contributed by atoms with van der Waals surface area (Å²) in [6, 6.07) is 20.4. The number of alkyl halides is 3. The smallest absolute Gasteiger partial charge is 0.166 e. The second kappa shape index (κ2) is 7.73. The second-order valence-electron chi connectivity index (χ2n) is 6.25. The van der Waals surface area contributed by atoms with E-state index in [-0.39, 0.29) is 0 Å². The van der Waals surface area contributed by atoms with Gasteiger partial charge in [-0.15, -0.1) is 0 Å². The molecule has 3 aromatic carbocycles. The molecule has 3 rings (SSSR count). The maximum absolute atomic E-state index is 12.7. The lowest BCUT2D eigenvalue weighted by molar-refractivity contribution is -0.137. The summed E-state index contributed by atoms with van der Waals surface area (Å²) in [5, 5.41) is 2.48. The van der Waals surface area contributed by atoms with Crippen molar-refractivity contribution in [1.29, 1.82) is 0 Å². The van der Waals surface area contributed by atoms with Crippen LogP contribution in [0.4, 0.5) is 13.2 Å². The van der Waals surface area contributed by atoms with Crippen molar-refractivity contribution in [2.45, 2.75) is 31.9 Å². The summed E-state index contributed by atoms with van der Waals surface area (Å²) in [6.07, 6.45) is 1.20. The minimum absolute atomic E-state index is 0.568.